The SMILES string of the molecule is CN(C)c1nc(NCC2CCC(Cc3cccc(S(N)(=O)=O)c3OC(F)(F)F)CC2)nc2ccccc12. The van der Waals surface area contributed by atoms with Gasteiger partial charge in [0, 0.05) is 26.0 Å². The molecule has 4 rings (SSSR count). The number of anilines is 2. The summed E-state index contributed by atoms with van der Waals surface area (Å²) in [6.45, 7) is 0.682. The summed E-state index contributed by atoms with van der Waals surface area (Å²) in [5.74, 6) is 1.11. The number of primary sulfonamides is 1. The van der Waals surface area contributed by atoms with E-state index in [0.717, 1.165) is 48.5 Å². The summed E-state index contributed by atoms with van der Waals surface area (Å²) in [4.78, 5) is 10.6. The van der Waals surface area contributed by atoms with Crippen LogP contribution in [0.15, 0.2) is 47.4 Å². The van der Waals surface area contributed by atoms with Crippen molar-refractivity contribution in [1.29, 1.82) is 0 Å². The standard InChI is InChI=1S/C25H30F3N5O3S/c1-33(2)23-19-7-3-4-8-20(19)31-24(32-23)30-15-17-12-10-16(11-13-17)14-18-6-5-9-21(37(29,34)35)22(18)36-25(26,27)28/h3-9,16-17H,10-15H2,1-2H3,(H2,29,34,35)(H,30,31,32). The Bertz CT molecular complexity index is 1360. The van der Waals surface area contributed by atoms with E-state index in [9.17, 15) is 21.6 Å². The zero-order valence-corrected chi connectivity index (χ0v) is 21.4. The third-order valence-corrected chi connectivity index (χ3v) is 7.55. The van der Waals surface area contributed by atoms with Crippen molar-refractivity contribution in [3.8, 4) is 5.75 Å². The van der Waals surface area contributed by atoms with Gasteiger partial charge in [-0.25, -0.2) is 18.5 Å². The van der Waals surface area contributed by atoms with Crippen LogP contribution < -0.4 is 20.1 Å². The lowest BCUT2D eigenvalue weighted by Crippen LogP contribution is -2.25. The van der Waals surface area contributed by atoms with Crippen LogP contribution in [0.4, 0.5) is 24.9 Å². The van der Waals surface area contributed by atoms with Crippen LogP contribution in [0.2, 0.25) is 0 Å². The van der Waals surface area contributed by atoms with E-state index >= 15 is 0 Å². The van der Waals surface area contributed by atoms with Crippen LogP contribution in [-0.2, 0) is 16.4 Å². The maximum atomic E-state index is 13.0. The first kappa shape index (κ1) is 26.9. The largest absolute Gasteiger partial charge is 0.573 e. The van der Waals surface area contributed by atoms with Crippen molar-refractivity contribution < 1.29 is 26.3 Å². The quantitative estimate of drug-likeness (QED) is 0.428. The summed E-state index contributed by atoms with van der Waals surface area (Å²) in [6, 6.07) is 11.7. The number of hydrogen-bond acceptors (Lipinski definition) is 7. The number of rotatable bonds is 8. The molecule has 1 aromatic heterocycles. The van der Waals surface area contributed by atoms with Gasteiger partial charge in [0.2, 0.25) is 16.0 Å². The molecular weight excluding hydrogens is 507 g/mol. The molecule has 0 bridgehead atoms. The molecule has 1 saturated carbocycles. The minimum atomic E-state index is -5.03. The lowest BCUT2D eigenvalue weighted by atomic mass is 9.79. The van der Waals surface area contributed by atoms with Crippen molar-refractivity contribution in [3.63, 3.8) is 0 Å². The van der Waals surface area contributed by atoms with E-state index in [1.54, 1.807) is 0 Å². The number of fused-ring (bicyclic) bond motifs is 1. The zero-order chi connectivity index (χ0) is 26.8. The molecule has 37 heavy (non-hydrogen) atoms. The number of sulfonamides is 1. The number of para-hydroxylation sites is 2. The van der Waals surface area contributed by atoms with Gasteiger partial charge < -0.3 is 15.0 Å². The number of ether oxygens (including phenoxy) is 1. The Labute approximate surface area is 214 Å². The van der Waals surface area contributed by atoms with Crippen LogP contribution in [0.5, 0.6) is 5.75 Å². The Hall–Kier alpha value is -3.12. The van der Waals surface area contributed by atoms with Gasteiger partial charge in [0.1, 0.15) is 10.7 Å². The molecule has 0 spiro atoms. The van der Waals surface area contributed by atoms with Gasteiger partial charge in [0.25, 0.3) is 0 Å². The molecule has 0 radical (unpaired) electrons. The van der Waals surface area contributed by atoms with Gasteiger partial charge in [-0.15, -0.1) is 13.2 Å². The molecule has 0 unspecified atom stereocenters. The predicted molar refractivity (Wildman–Crippen MR) is 136 cm³/mol. The van der Waals surface area contributed by atoms with E-state index in [-0.39, 0.29) is 17.9 Å². The highest BCUT2D eigenvalue weighted by atomic mass is 32.2. The fraction of sp³-hybridized carbons (Fsp3) is 0.440. The second kappa shape index (κ2) is 10.7. The number of nitrogens with two attached hydrogens (primary N) is 1. The number of nitrogens with zero attached hydrogens (tertiary/aromatic N) is 3. The molecule has 3 N–H and O–H groups in total. The number of nitrogens with one attached hydrogen (secondary N) is 1. The Morgan fingerprint density at radius 2 is 1.70 bits per heavy atom. The molecule has 8 nitrogen and oxygen atoms in total. The minimum Gasteiger partial charge on any atom is -0.404 e. The molecule has 1 fully saturated rings. The molecule has 200 valence electrons. The summed E-state index contributed by atoms with van der Waals surface area (Å²) >= 11 is 0. The van der Waals surface area contributed by atoms with E-state index in [1.807, 2.05) is 43.3 Å². The molecule has 0 atom stereocenters. The molecule has 3 aromatic rings. The van der Waals surface area contributed by atoms with E-state index in [0.29, 0.717) is 18.4 Å². The molecule has 2 aromatic carbocycles. The Balaban J connectivity index is 1.40. The molecule has 12 heteroatoms. The first-order valence-electron chi connectivity index (χ1n) is 12.0. The Morgan fingerprint density at radius 3 is 2.35 bits per heavy atom. The second-order valence-corrected chi connectivity index (χ2v) is 11.1. The molecule has 0 aliphatic heterocycles. The van der Waals surface area contributed by atoms with Crippen LogP contribution in [0.1, 0.15) is 31.2 Å². The fourth-order valence-corrected chi connectivity index (χ4v) is 5.54. The summed E-state index contributed by atoms with van der Waals surface area (Å²) in [6.07, 6.45) is -1.44. The van der Waals surface area contributed by atoms with Gasteiger partial charge in [0.15, 0.2) is 5.75 Å². The molecule has 1 heterocycles. The Morgan fingerprint density at radius 1 is 1.03 bits per heavy atom. The van der Waals surface area contributed by atoms with E-state index in [1.165, 1.54) is 12.1 Å². The van der Waals surface area contributed by atoms with Crippen LogP contribution in [0, 0.1) is 11.8 Å². The monoisotopic (exact) mass is 537 g/mol. The summed E-state index contributed by atoms with van der Waals surface area (Å²) in [5.41, 5.74) is 1.04. The van der Waals surface area contributed by atoms with Gasteiger partial charge in [0.05, 0.1) is 5.52 Å². The number of aromatic nitrogens is 2. The maximum absolute atomic E-state index is 13.0. The van der Waals surface area contributed by atoms with Crippen LogP contribution >= 0.6 is 0 Å². The Kier molecular flexibility index (Phi) is 7.79. The van der Waals surface area contributed by atoms with Crippen molar-refractivity contribution in [1.82, 2.24) is 9.97 Å². The van der Waals surface area contributed by atoms with Crippen LogP contribution in [0.25, 0.3) is 10.9 Å². The normalized spacial score (nSPS) is 18.5. The number of halogens is 3. The predicted octanol–water partition coefficient (Wildman–Crippen LogP) is 4.70. The average Bonchev–Trinajstić information content (AvgIpc) is 2.82. The average molecular weight is 538 g/mol. The lowest BCUT2D eigenvalue weighted by molar-refractivity contribution is -0.275. The smallest absolute Gasteiger partial charge is 0.404 e. The van der Waals surface area contributed by atoms with Gasteiger partial charge in [-0.3, -0.25) is 0 Å². The summed E-state index contributed by atoms with van der Waals surface area (Å²) in [7, 11) is -0.514. The highest BCUT2D eigenvalue weighted by Gasteiger charge is 2.35. The van der Waals surface area contributed by atoms with Crippen LogP contribution in [0.3, 0.4) is 0 Å². The van der Waals surface area contributed by atoms with Gasteiger partial charge in [-0.1, -0.05) is 24.3 Å². The third kappa shape index (κ3) is 6.80. The zero-order valence-electron chi connectivity index (χ0n) is 20.6. The van der Waals surface area contributed by atoms with Crippen LogP contribution in [-0.4, -0.2) is 45.4 Å². The molecule has 1 aliphatic carbocycles. The number of benzene rings is 2. The first-order chi connectivity index (χ1) is 17.4. The minimum absolute atomic E-state index is 0.0971. The molecule has 1 aliphatic rings. The maximum Gasteiger partial charge on any atom is 0.573 e. The summed E-state index contributed by atoms with van der Waals surface area (Å²) in [5, 5.41) is 9.46. The highest BCUT2D eigenvalue weighted by molar-refractivity contribution is 7.89. The van der Waals surface area contributed by atoms with Gasteiger partial charge in [-0.05, 0) is 67.7 Å². The summed E-state index contributed by atoms with van der Waals surface area (Å²) < 4.78 is 66.9. The number of hydrogen-bond donors (Lipinski definition) is 2. The number of alkyl halides is 3. The van der Waals surface area contributed by atoms with Crippen molar-refractivity contribution in [3.05, 3.63) is 48.0 Å². The van der Waals surface area contributed by atoms with Crippen molar-refractivity contribution >= 4 is 32.7 Å². The second-order valence-electron chi connectivity index (χ2n) is 9.59. The van der Waals surface area contributed by atoms with E-state index in [4.69, 9.17) is 5.14 Å². The van der Waals surface area contributed by atoms with Gasteiger partial charge >= 0.3 is 6.36 Å². The van der Waals surface area contributed by atoms with Crippen molar-refractivity contribution in [2.75, 3.05) is 30.9 Å². The van der Waals surface area contributed by atoms with E-state index < -0.39 is 27.0 Å². The first-order valence-corrected chi connectivity index (χ1v) is 13.5. The topological polar surface area (TPSA) is 110 Å². The molecular formula is C25H30F3N5O3S. The molecule has 0 amide bonds. The lowest BCUT2D eigenvalue weighted by Gasteiger charge is -2.29. The molecule has 0 saturated heterocycles. The third-order valence-electron chi connectivity index (χ3n) is 6.62. The highest BCUT2D eigenvalue weighted by Crippen LogP contribution is 2.37. The fourth-order valence-electron chi connectivity index (χ4n) is 4.84. The van der Waals surface area contributed by atoms with E-state index in [2.05, 4.69) is 20.0 Å². The van der Waals surface area contributed by atoms with Crippen molar-refractivity contribution in [2.45, 2.75) is 43.4 Å². The van der Waals surface area contributed by atoms with Gasteiger partial charge in [-0.2, -0.15) is 4.98 Å². The van der Waals surface area contributed by atoms with Crippen molar-refractivity contribution in [2.24, 2.45) is 17.0 Å².